The second kappa shape index (κ2) is 7.82. The Labute approximate surface area is 135 Å². The van der Waals surface area contributed by atoms with Crippen LogP contribution >= 0.6 is 0 Å². The topological polar surface area (TPSA) is 74.3 Å². The van der Waals surface area contributed by atoms with E-state index in [1.165, 1.54) is 14.2 Å². The zero-order valence-electron chi connectivity index (χ0n) is 13.5. The van der Waals surface area contributed by atoms with E-state index in [1.54, 1.807) is 17.9 Å². The lowest BCUT2D eigenvalue weighted by molar-refractivity contribution is -0.147. The second-order valence-electron chi connectivity index (χ2n) is 5.32. The van der Waals surface area contributed by atoms with Crippen molar-refractivity contribution in [3.05, 3.63) is 23.8 Å². The van der Waals surface area contributed by atoms with Gasteiger partial charge < -0.3 is 23.8 Å². The second-order valence-corrected chi connectivity index (χ2v) is 5.32. The van der Waals surface area contributed by atoms with Crippen LogP contribution in [-0.4, -0.2) is 50.9 Å². The van der Waals surface area contributed by atoms with Crippen LogP contribution in [0.15, 0.2) is 18.2 Å². The van der Waals surface area contributed by atoms with Crippen LogP contribution in [0.1, 0.15) is 12.5 Å². The Morgan fingerprint density at radius 3 is 2.70 bits per heavy atom. The van der Waals surface area contributed by atoms with Crippen molar-refractivity contribution in [2.75, 3.05) is 34.2 Å². The number of nitrogens with zero attached hydrogens (tertiary/aromatic N) is 1. The van der Waals surface area contributed by atoms with Crippen molar-refractivity contribution in [2.45, 2.75) is 13.5 Å². The van der Waals surface area contributed by atoms with Gasteiger partial charge in [0.1, 0.15) is 6.61 Å². The smallest absolute Gasteiger partial charge is 0.310 e. The molecular weight excluding hydrogens is 302 g/mol. The Kier molecular flexibility index (Phi) is 5.81. The van der Waals surface area contributed by atoms with Gasteiger partial charge >= 0.3 is 5.97 Å². The molecule has 0 radical (unpaired) electrons. The molecule has 1 atom stereocenters. The number of esters is 1. The van der Waals surface area contributed by atoms with Gasteiger partial charge in [-0.3, -0.25) is 9.59 Å². The number of hydrogen-bond donors (Lipinski definition) is 0. The molecule has 2 rings (SSSR count). The largest absolute Gasteiger partial charge is 0.469 e. The molecule has 1 aromatic carbocycles. The Morgan fingerprint density at radius 2 is 2.00 bits per heavy atom. The summed E-state index contributed by atoms with van der Waals surface area (Å²) in [6.45, 7) is 2.48. The van der Waals surface area contributed by atoms with Gasteiger partial charge in [0.05, 0.1) is 13.0 Å². The zero-order chi connectivity index (χ0) is 16.8. The molecule has 1 heterocycles. The van der Waals surface area contributed by atoms with E-state index in [4.69, 9.17) is 18.9 Å². The van der Waals surface area contributed by atoms with Crippen LogP contribution in [-0.2, 0) is 25.6 Å². The number of carbonyl (C=O) groups excluding carboxylic acids is 2. The molecule has 0 saturated carbocycles. The van der Waals surface area contributed by atoms with Crippen LogP contribution < -0.4 is 9.47 Å². The Bertz CT molecular complexity index is 574. The zero-order valence-corrected chi connectivity index (χ0v) is 13.5. The SMILES string of the molecule is COCC(=O)N(Cc1ccc2c(c1)OCO2)CC(C)C(=O)OC. The molecule has 1 aromatic rings. The highest BCUT2D eigenvalue weighted by atomic mass is 16.7. The maximum absolute atomic E-state index is 12.2. The third-order valence-electron chi connectivity index (χ3n) is 3.53. The molecule has 0 spiro atoms. The fourth-order valence-corrected chi connectivity index (χ4v) is 2.34. The molecule has 0 saturated heterocycles. The quantitative estimate of drug-likeness (QED) is 0.702. The third-order valence-corrected chi connectivity index (χ3v) is 3.53. The Balaban J connectivity index is 2.10. The van der Waals surface area contributed by atoms with E-state index in [1.807, 2.05) is 12.1 Å². The first-order valence-corrected chi connectivity index (χ1v) is 7.28. The molecule has 7 heteroatoms. The van der Waals surface area contributed by atoms with E-state index in [-0.39, 0.29) is 31.8 Å². The van der Waals surface area contributed by atoms with Gasteiger partial charge in [-0.25, -0.2) is 0 Å². The van der Waals surface area contributed by atoms with E-state index >= 15 is 0 Å². The minimum Gasteiger partial charge on any atom is -0.469 e. The predicted octanol–water partition coefficient (Wildman–Crippen LogP) is 1.20. The monoisotopic (exact) mass is 323 g/mol. The number of rotatable bonds is 7. The molecule has 1 aliphatic heterocycles. The van der Waals surface area contributed by atoms with Crippen molar-refractivity contribution < 1.29 is 28.5 Å². The number of benzene rings is 1. The molecule has 23 heavy (non-hydrogen) atoms. The first-order valence-electron chi connectivity index (χ1n) is 7.28. The van der Waals surface area contributed by atoms with E-state index in [0.717, 1.165) is 5.56 Å². The number of hydrogen-bond acceptors (Lipinski definition) is 6. The van der Waals surface area contributed by atoms with Crippen LogP contribution in [0, 0.1) is 5.92 Å². The molecule has 126 valence electrons. The normalized spacial score (nSPS) is 13.5. The van der Waals surface area contributed by atoms with E-state index in [9.17, 15) is 9.59 Å². The standard InChI is InChI=1S/C16H21NO6/c1-11(16(19)21-3)7-17(15(18)9-20-2)8-12-4-5-13-14(6-12)23-10-22-13/h4-6,11H,7-10H2,1-3H3. The number of carbonyl (C=O) groups is 2. The fraction of sp³-hybridized carbons (Fsp3) is 0.500. The first kappa shape index (κ1) is 17.1. The fourth-order valence-electron chi connectivity index (χ4n) is 2.34. The summed E-state index contributed by atoms with van der Waals surface area (Å²) in [4.78, 5) is 25.4. The highest BCUT2D eigenvalue weighted by Crippen LogP contribution is 2.32. The summed E-state index contributed by atoms with van der Waals surface area (Å²) in [5, 5.41) is 0. The van der Waals surface area contributed by atoms with Gasteiger partial charge in [-0.2, -0.15) is 0 Å². The molecule has 0 fully saturated rings. The van der Waals surface area contributed by atoms with E-state index in [0.29, 0.717) is 18.0 Å². The average Bonchev–Trinajstić information content (AvgIpc) is 3.01. The summed E-state index contributed by atoms with van der Waals surface area (Å²) in [5.74, 6) is 0.371. The summed E-state index contributed by atoms with van der Waals surface area (Å²) >= 11 is 0. The number of fused-ring (bicyclic) bond motifs is 1. The summed E-state index contributed by atoms with van der Waals surface area (Å²) in [5.41, 5.74) is 0.885. The van der Waals surface area contributed by atoms with Crippen LogP contribution in [0.25, 0.3) is 0 Å². The van der Waals surface area contributed by atoms with Gasteiger partial charge in [-0.1, -0.05) is 13.0 Å². The summed E-state index contributed by atoms with van der Waals surface area (Å²) in [6.07, 6.45) is 0. The molecule has 0 aliphatic carbocycles. The van der Waals surface area contributed by atoms with Gasteiger partial charge in [0.25, 0.3) is 0 Å². The van der Waals surface area contributed by atoms with Crippen LogP contribution in [0.4, 0.5) is 0 Å². The summed E-state index contributed by atoms with van der Waals surface area (Å²) < 4.78 is 20.2. The molecule has 0 bridgehead atoms. The molecular formula is C16H21NO6. The summed E-state index contributed by atoms with van der Waals surface area (Å²) in [7, 11) is 2.79. The highest BCUT2D eigenvalue weighted by molar-refractivity contribution is 5.79. The molecule has 7 nitrogen and oxygen atoms in total. The van der Waals surface area contributed by atoms with Gasteiger partial charge in [-0.05, 0) is 17.7 Å². The number of methoxy groups -OCH3 is 2. The average molecular weight is 323 g/mol. The van der Waals surface area contributed by atoms with Crippen molar-refractivity contribution in [3.8, 4) is 11.5 Å². The number of ether oxygens (including phenoxy) is 4. The van der Waals surface area contributed by atoms with Crippen LogP contribution in [0.2, 0.25) is 0 Å². The Morgan fingerprint density at radius 1 is 1.26 bits per heavy atom. The minimum absolute atomic E-state index is 0.0432. The van der Waals surface area contributed by atoms with Crippen molar-refractivity contribution in [1.82, 2.24) is 4.90 Å². The van der Waals surface area contributed by atoms with Crippen LogP contribution in [0.3, 0.4) is 0 Å². The van der Waals surface area contributed by atoms with E-state index in [2.05, 4.69) is 0 Å². The molecule has 0 N–H and O–H groups in total. The maximum Gasteiger partial charge on any atom is 0.310 e. The predicted molar refractivity (Wildman–Crippen MR) is 81.0 cm³/mol. The summed E-state index contributed by atoms with van der Waals surface area (Å²) in [6, 6.07) is 5.50. The van der Waals surface area contributed by atoms with Crippen LogP contribution in [0.5, 0.6) is 11.5 Å². The van der Waals surface area contributed by atoms with Crippen molar-refractivity contribution in [3.63, 3.8) is 0 Å². The first-order chi connectivity index (χ1) is 11.0. The van der Waals surface area contributed by atoms with E-state index < -0.39 is 5.92 Å². The lowest BCUT2D eigenvalue weighted by atomic mass is 10.1. The Hall–Kier alpha value is -2.28. The minimum atomic E-state index is -0.421. The highest BCUT2D eigenvalue weighted by Gasteiger charge is 2.22. The number of amides is 1. The maximum atomic E-state index is 12.2. The molecule has 0 aromatic heterocycles. The van der Waals surface area contributed by atoms with Gasteiger partial charge in [-0.15, -0.1) is 0 Å². The molecule has 1 aliphatic rings. The lowest BCUT2D eigenvalue weighted by Crippen LogP contribution is -2.38. The van der Waals surface area contributed by atoms with Crippen molar-refractivity contribution in [2.24, 2.45) is 5.92 Å². The van der Waals surface area contributed by atoms with Gasteiger partial charge in [0.15, 0.2) is 11.5 Å². The third kappa shape index (κ3) is 4.35. The van der Waals surface area contributed by atoms with Gasteiger partial charge in [0, 0.05) is 20.2 Å². The lowest BCUT2D eigenvalue weighted by Gasteiger charge is -2.25. The van der Waals surface area contributed by atoms with Crippen molar-refractivity contribution in [1.29, 1.82) is 0 Å². The molecule has 1 unspecified atom stereocenters. The van der Waals surface area contributed by atoms with Gasteiger partial charge in [0.2, 0.25) is 12.7 Å². The molecule has 1 amide bonds. The van der Waals surface area contributed by atoms with Crippen molar-refractivity contribution >= 4 is 11.9 Å².